The van der Waals surface area contributed by atoms with Crippen molar-refractivity contribution in [2.75, 3.05) is 0 Å². The van der Waals surface area contributed by atoms with Crippen molar-refractivity contribution in [2.24, 2.45) is 0 Å². The van der Waals surface area contributed by atoms with Crippen molar-refractivity contribution in [3.8, 4) is 5.75 Å². The molecule has 0 amide bonds. The van der Waals surface area contributed by atoms with Crippen molar-refractivity contribution in [3.05, 3.63) is 28.2 Å². The number of halogens is 3. The number of hydrogen-bond donors (Lipinski definition) is 2. The summed E-state index contributed by atoms with van der Waals surface area (Å²) in [6, 6.07) is 1.15. The van der Waals surface area contributed by atoms with Crippen molar-refractivity contribution in [1.29, 1.82) is 0 Å². The fourth-order valence-corrected chi connectivity index (χ4v) is 0.800. The molecule has 1 heterocycles. The summed E-state index contributed by atoms with van der Waals surface area (Å²) in [4.78, 5) is 22.3. The normalized spacial score (nSPS) is 11.1. The third kappa shape index (κ3) is 2.73. The molecule has 0 bridgehead atoms. The first-order valence-corrected chi connectivity index (χ1v) is 3.52. The van der Waals surface area contributed by atoms with E-state index in [2.05, 4.69) is 4.74 Å². The lowest BCUT2D eigenvalue weighted by atomic mass is 10.3. The Morgan fingerprint density at radius 3 is 2.40 bits per heavy atom. The van der Waals surface area contributed by atoms with Crippen LogP contribution in [-0.4, -0.2) is 16.2 Å². The Labute approximate surface area is 80.1 Å². The van der Waals surface area contributed by atoms with E-state index < -0.39 is 29.3 Å². The van der Waals surface area contributed by atoms with E-state index in [-0.39, 0.29) is 0 Å². The number of ether oxygens (including phenoxy) is 1. The van der Waals surface area contributed by atoms with Crippen molar-refractivity contribution in [2.45, 2.75) is 6.18 Å². The molecule has 82 valence electrons. The fraction of sp³-hybridized carbons (Fsp3) is 0.143. The standard InChI is InChI=1S/C7H4F3NO4/c8-7(9,10)4-2-1-3(5(12)11-4)15-6(13)14/h1-2H,(H,11,12)(H,13,14). The molecule has 0 spiro atoms. The van der Waals surface area contributed by atoms with E-state index in [9.17, 15) is 22.8 Å². The minimum atomic E-state index is -4.69. The van der Waals surface area contributed by atoms with Crippen molar-refractivity contribution in [3.63, 3.8) is 0 Å². The second-order valence-corrected chi connectivity index (χ2v) is 2.43. The Bertz CT molecular complexity index is 437. The molecular weight excluding hydrogens is 219 g/mol. The second kappa shape index (κ2) is 3.64. The molecule has 1 aromatic heterocycles. The Kier molecular flexibility index (Phi) is 2.69. The monoisotopic (exact) mass is 223 g/mol. The molecule has 0 fully saturated rings. The predicted octanol–water partition coefficient (Wildman–Crippen LogP) is 1.45. The highest BCUT2D eigenvalue weighted by Crippen LogP contribution is 2.26. The molecule has 0 aromatic carbocycles. The van der Waals surface area contributed by atoms with Gasteiger partial charge in [-0.05, 0) is 12.1 Å². The zero-order chi connectivity index (χ0) is 11.6. The fourth-order valence-electron chi connectivity index (χ4n) is 0.800. The van der Waals surface area contributed by atoms with E-state index in [4.69, 9.17) is 5.11 Å². The quantitative estimate of drug-likeness (QED) is 0.706. The molecule has 0 aliphatic heterocycles. The highest BCUT2D eigenvalue weighted by atomic mass is 19.4. The lowest BCUT2D eigenvalue weighted by Gasteiger charge is -2.06. The summed E-state index contributed by atoms with van der Waals surface area (Å²) >= 11 is 0. The molecule has 2 N–H and O–H groups in total. The van der Waals surface area contributed by atoms with E-state index in [1.807, 2.05) is 0 Å². The number of aromatic amines is 1. The van der Waals surface area contributed by atoms with Gasteiger partial charge < -0.3 is 14.8 Å². The Balaban J connectivity index is 3.09. The zero-order valence-electron chi connectivity index (χ0n) is 6.96. The Hall–Kier alpha value is -1.99. The van der Waals surface area contributed by atoms with E-state index in [1.54, 1.807) is 0 Å². The van der Waals surface area contributed by atoms with Crippen LogP contribution in [-0.2, 0) is 6.18 Å². The second-order valence-electron chi connectivity index (χ2n) is 2.43. The maximum absolute atomic E-state index is 12.0. The van der Waals surface area contributed by atoms with Crippen LogP contribution in [0.4, 0.5) is 18.0 Å². The molecule has 5 nitrogen and oxygen atoms in total. The third-order valence-corrected chi connectivity index (χ3v) is 1.38. The zero-order valence-corrected chi connectivity index (χ0v) is 6.96. The van der Waals surface area contributed by atoms with Gasteiger partial charge in [-0.1, -0.05) is 0 Å². The number of H-pyrrole nitrogens is 1. The van der Waals surface area contributed by atoms with Crippen molar-refractivity contribution in [1.82, 2.24) is 4.98 Å². The van der Waals surface area contributed by atoms with E-state index in [0.29, 0.717) is 12.1 Å². The van der Waals surface area contributed by atoms with Gasteiger partial charge in [-0.15, -0.1) is 0 Å². The van der Waals surface area contributed by atoms with Crippen LogP contribution in [0.5, 0.6) is 5.75 Å². The number of alkyl halides is 3. The molecule has 1 rings (SSSR count). The summed E-state index contributed by atoms with van der Waals surface area (Å²) in [6.45, 7) is 0. The van der Waals surface area contributed by atoms with Crippen LogP contribution in [0, 0.1) is 0 Å². The highest BCUT2D eigenvalue weighted by molar-refractivity contribution is 5.60. The molecule has 15 heavy (non-hydrogen) atoms. The average Bonchev–Trinajstić information content (AvgIpc) is 2.05. The molecule has 0 saturated heterocycles. The third-order valence-electron chi connectivity index (χ3n) is 1.38. The summed E-state index contributed by atoms with van der Waals surface area (Å²) in [5.74, 6) is -0.713. The number of rotatable bonds is 1. The number of aromatic nitrogens is 1. The Morgan fingerprint density at radius 2 is 2.00 bits per heavy atom. The molecule has 8 heteroatoms. The SMILES string of the molecule is O=C(O)Oc1ccc(C(F)(F)F)[nH]c1=O. The van der Waals surface area contributed by atoms with Crippen molar-refractivity contribution < 1.29 is 27.8 Å². The van der Waals surface area contributed by atoms with E-state index >= 15 is 0 Å². The van der Waals surface area contributed by atoms with Crippen LogP contribution in [0.1, 0.15) is 5.69 Å². The maximum Gasteiger partial charge on any atom is 0.511 e. The number of pyridine rings is 1. The van der Waals surface area contributed by atoms with Crippen LogP contribution in [0.3, 0.4) is 0 Å². The molecule has 0 radical (unpaired) electrons. The topological polar surface area (TPSA) is 79.4 Å². The average molecular weight is 223 g/mol. The first-order chi connectivity index (χ1) is 6.80. The van der Waals surface area contributed by atoms with Gasteiger partial charge in [0.1, 0.15) is 5.69 Å². The Morgan fingerprint density at radius 1 is 1.40 bits per heavy atom. The molecule has 0 unspecified atom stereocenters. The summed E-state index contributed by atoms with van der Waals surface area (Å²) in [5, 5.41) is 8.12. The van der Waals surface area contributed by atoms with Gasteiger partial charge in [0.2, 0.25) is 0 Å². The van der Waals surface area contributed by atoms with Crippen LogP contribution < -0.4 is 10.3 Å². The number of carbonyl (C=O) groups is 1. The summed E-state index contributed by atoms with van der Waals surface area (Å²) < 4.78 is 40.0. The van der Waals surface area contributed by atoms with Crippen molar-refractivity contribution >= 4 is 6.16 Å². The van der Waals surface area contributed by atoms with Crippen LogP contribution in [0.15, 0.2) is 16.9 Å². The first kappa shape index (κ1) is 11.1. The molecule has 0 atom stereocenters. The van der Waals surface area contributed by atoms with E-state index in [0.717, 1.165) is 0 Å². The van der Waals surface area contributed by atoms with Gasteiger partial charge in [0, 0.05) is 0 Å². The lowest BCUT2D eigenvalue weighted by Crippen LogP contribution is -2.19. The van der Waals surface area contributed by atoms with Gasteiger partial charge in [0.05, 0.1) is 0 Å². The van der Waals surface area contributed by atoms with Gasteiger partial charge in [0.15, 0.2) is 5.75 Å². The minimum Gasteiger partial charge on any atom is -0.449 e. The molecule has 0 aliphatic rings. The minimum absolute atomic E-state index is 0.514. The number of carboxylic acid groups (broad SMARTS) is 1. The predicted molar refractivity (Wildman–Crippen MR) is 40.7 cm³/mol. The molecular formula is C7H4F3NO4. The lowest BCUT2D eigenvalue weighted by molar-refractivity contribution is -0.141. The van der Waals surface area contributed by atoms with Crippen LogP contribution in [0.2, 0.25) is 0 Å². The molecule has 0 saturated carbocycles. The van der Waals surface area contributed by atoms with E-state index in [1.165, 1.54) is 4.98 Å². The van der Waals surface area contributed by atoms with Gasteiger partial charge in [-0.3, -0.25) is 4.79 Å². The van der Waals surface area contributed by atoms with Gasteiger partial charge in [-0.25, -0.2) is 4.79 Å². The van der Waals surface area contributed by atoms with Gasteiger partial charge >= 0.3 is 12.3 Å². The maximum atomic E-state index is 12.0. The highest BCUT2D eigenvalue weighted by Gasteiger charge is 2.32. The summed E-state index contributed by atoms with van der Waals surface area (Å²) in [7, 11) is 0. The number of hydrogen-bond acceptors (Lipinski definition) is 3. The summed E-state index contributed by atoms with van der Waals surface area (Å²) in [6.07, 6.45) is -6.47. The first-order valence-electron chi connectivity index (χ1n) is 3.52. The van der Waals surface area contributed by atoms with Gasteiger partial charge in [-0.2, -0.15) is 13.2 Å². The molecule has 0 aliphatic carbocycles. The largest absolute Gasteiger partial charge is 0.511 e. The van der Waals surface area contributed by atoms with Crippen LogP contribution in [0.25, 0.3) is 0 Å². The summed E-state index contributed by atoms with van der Waals surface area (Å²) in [5.41, 5.74) is -2.53. The smallest absolute Gasteiger partial charge is 0.449 e. The van der Waals surface area contributed by atoms with Gasteiger partial charge in [0.25, 0.3) is 5.56 Å². The molecule has 1 aromatic rings. The van der Waals surface area contributed by atoms with Crippen LogP contribution >= 0.6 is 0 Å². The number of nitrogens with one attached hydrogen (secondary N) is 1.